The third-order valence-electron chi connectivity index (χ3n) is 4.32. The van der Waals surface area contributed by atoms with Crippen molar-refractivity contribution in [3.63, 3.8) is 0 Å². The zero-order valence-corrected chi connectivity index (χ0v) is 11.4. The van der Waals surface area contributed by atoms with E-state index in [1.54, 1.807) is 0 Å². The maximum Gasteiger partial charge on any atom is 0.311 e. The van der Waals surface area contributed by atoms with E-state index in [-0.39, 0.29) is 11.9 Å². The molecule has 1 N–H and O–H groups in total. The number of esters is 1. The van der Waals surface area contributed by atoms with Crippen LogP contribution in [0.5, 0.6) is 0 Å². The van der Waals surface area contributed by atoms with Crippen LogP contribution in [-0.2, 0) is 9.53 Å². The molecule has 1 aliphatic heterocycles. The number of aliphatic hydroxyl groups excluding tert-OH is 1. The van der Waals surface area contributed by atoms with Gasteiger partial charge in [-0.05, 0) is 33.1 Å². The SMILES string of the molecule is COC(=O)C1CCC(N2C(C)C=CC2C)CC1O. The lowest BCUT2D eigenvalue weighted by atomic mass is 9.82. The van der Waals surface area contributed by atoms with Crippen molar-refractivity contribution in [3.8, 4) is 0 Å². The number of carbonyl (C=O) groups is 1. The van der Waals surface area contributed by atoms with Crippen LogP contribution < -0.4 is 0 Å². The van der Waals surface area contributed by atoms with Crippen LogP contribution in [0.4, 0.5) is 0 Å². The molecule has 1 saturated carbocycles. The quantitative estimate of drug-likeness (QED) is 0.596. The van der Waals surface area contributed by atoms with Gasteiger partial charge in [0.1, 0.15) is 0 Å². The third kappa shape index (κ3) is 2.45. The molecule has 0 amide bonds. The monoisotopic (exact) mass is 253 g/mol. The smallest absolute Gasteiger partial charge is 0.311 e. The third-order valence-corrected chi connectivity index (χ3v) is 4.32. The molecular weight excluding hydrogens is 230 g/mol. The first-order chi connectivity index (χ1) is 8.54. The van der Waals surface area contributed by atoms with Crippen LogP contribution in [0.15, 0.2) is 12.2 Å². The predicted octanol–water partition coefficient (Wildman–Crippen LogP) is 1.34. The standard InChI is InChI=1S/C14H23NO3/c1-9-4-5-10(2)15(9)11-6-7-12(13(16)8-11)14(17)18-3/h4-5,9-13,16H,6-8H2,1-3H3. The van der Waals surface area contributed by atoms with Gasteiger partial charge in [0.05, 0.1) is 19.1 Å². The van der Waals surface area contributed by atoms with Crippen LogP contribution in [0.2, 0.25) is 0 Å². The van der Waals surface area contributed by atoms with Crippen molar-refractivity contribution in [2.75, 3.05) is 7.11 Å². The Hall–Kier alpha value is -0.870. The predicted molar refractivity (Wildman–Crippen MR) is 69.1 cm³/mol. The molecule has 1 fully saturated rings. The van der Waals surface area contributed by atoms with Crippen molar-refractivity contribution in [2.24, 2.45) is 5.92 Å². The van der Waals surface area contributed by atoms with Crippen molar-refractivity contribution in [2.45, 2.75) is 57.3 Å². The van der Waals surface area contributed by atoms with E-state index < -0.39 is 6.10 Å². The van der Waals surface area contributed by atoms with Crippen molar-refractivity contribution in [3.05, 3.63) is 12.2 Å². The lowest BCUT2D eigenvalue weighted by Gasteiger charge is -2.40. The minimum Gasteiger partial charge on any atom is -0.469 e. The van der Waals surface area contributed by atoms with Gasteiger partial charge in [-0.1, -0.05) is 12.2 Å². The number of nitrogens with zero attached hydrogens (tertiary/aromatic N) is 1. The van der Waals surface area contributed by atoms with Gasteiger partial charge < -0.3 is 9.84 Å². The second-order valence-electron chi connectivity index (χ2n) is 5.48. The molecule has 4 nitrogen and oxygen atoms in total. The largest absolute Gasteiger partial charge is 0.469 e. The second-order valence-corrected chi connectivity index (χ2v) is 5.48. The van der Waals surface area contributed by atoms with Crippen LogP contribution in [0.25, 0.3) is 0 Å². The van der Waals surface area contributed by atoms with Crippen LogP contribution in [0, 0.1) is 5.92 Å². The fourth-order valence-corrected chi connectivity index (χ4v) is 3.38. The van der Waals surface area contributed by atoms with E-state index in [1.165, 1.54) is 7.11 Å². The molecule has 0 bridgehead atoms. The molecule has 0 saturated heterocycles. The van der Waals surface area contributed by atoms with Crippen molar-refractivity contribution >= 4 is 5.97 Å². The van der Waals surface area contributed by atoms with Gasteiger partial charge in [-0.2, -0.15) is 0 Å². The van der Waals surface area contributed by atoms with Crippen molar-refractivity contribution < 1.29 is 14.6 Å². The molecule has 2 aliphatic rings. The van der Waals surface area contributed by atoms with Gasteiger partial charge in [0.25, 0.3) is 0 Å². The normalized spacial score (nSPS) is 41.0. The summed E-state index contributed by atoms with van der Waals surface area (Å²) in [7, 11) is 1.38. The summed E-state index contributed by atoms with van der Waals surface area (Å²) in [5.74, 6) is -0.617. The van der Waals surface area contributed by atoms with E-state index in [0.717, 1.165) is 6.42 Å². The maximum atomic E-state index is 11.5. The van der Waals surface area contributed by atoms with Crippen molar-refractivity contribution in [1.82, 2.24) is 4.90 Å². The first kappa shape index (κ1) is 13.6. The van der Waals surface area contributed by atoms with Gasteiger partial charge in [0.15, 0.2) is 0 Å². The number of ether oxygens (including phenoxy) is 1. The summed E-state index contributed by atoms with van der Waals surface area (Å²) in [5.41, 5.74) is 0. The number of carbonyl (C=O) groups excluding carboxylic acids is 1. The highest BCUT2D eigenvalue weighted by atomic mass is 16.5. The van der Waals surface area contributed by atoms with Gasteiger partial charge in [-0.3, -0.25) is 9.69 Å². The highest BCUT2D eigenvalue weighted by molar-refractivity contribution is 5.73. The molecule has 102 valence electrons. The summed E-state index contributed by atoms with van der Waals surface area (Å²) in [5, 5.41) is 10.1. The molecule has 5 atom stereocenters. The Morgan fingerprint density at radius 3 is 2.39 bits per heavy atom. The van der Waals surface area contributed by atoms with Gasteiger partial charge in [-0.25, -0.2) is 0 Å². The average Bonchev–Trinajstić information content (AvgIpc) is 2.68. The molecule has 0 aromatic carbocycles. The van der Waals surface area contributed by atoms with E-state index in [9.17, 15) is 9.90 Å². The summed E-state index contributed by atoms with van der Waals surface area (Å²) in [4.78, 5) is 14.0. The molecule has 1 aliphatic carbocycles. The van der Waals surface area contributed by atoms with Crippen LogP contribution in [0.3, 0.4) is 0 Å². The molecule has 0 radical (unpaired) electrons. The molecule has 18 heavy (non-hydrogen) atoms. The number of hydrogen-bond donors (Lipinski definition) is 1. The molecule has 0 aromatic heterocycles. The summed E-state index contributed by atoms with van der Waals surface area (Å²) in [6.45, 7) is 4.36. The molecule has 0 aromatic rings. The molecule has 4 heteroatoms. The lowest BCUT2D eigenvalue weighted by molar-refractivity contribution is -0.152. The minimum atomic E-state index is -0.573. The van der Waals surface area contributed by atoms with Crippen LogP contribution in [0.1, 0.15) is 33.1 Å². The first-order valence-corrected chi connectivity index (χ1v) is 6.76. The van der Waals surface area contributed by atoms with Crippen LogP contribution in [-0.4, -0.2) is 47.3 Å². The summed E-state index contributed by atoms with van der Waals surface area (Å²) in [6, 6.07) is 1.21. The fourth-order valence-electron chi connectivity index (χ4n) is 3.38. The van der Waals surface area contributed by atoms with Crippen molar-refractivity contribution in [1.29, 1.82) is 0 Å². The highest BCUT2D eigenvalue weighted by Gasteiger charge is 2.39. The van der Waals surface area contributed by atoms with E-state index in [0.29, 0.717) is 31.0 Å². The van der Waals surface area contributed by atoms with E-state index in [2.05, 4.69) is 30.9 Å². The first-order valence-electron chi connectivity index (χ1n) is 6.76. The average molecular weight is 253 g/mol. The maximum absolute atomic E-state index is 11.5. The number of hydrogen-bond acceptors (Lipinski definition) is 4. The Labute approximate surface area is 109 Å². The van der Waals surface area contributed by atoms with E-state index >= 15 is 0 Å². The molecule has 0 spiro atoms. The minimum absolute atomic E-state index is 0.276. The molecule has 5 unspecified atom stereocenters. The fraction of sp³-hybridized carbons (Fsp3) is 0.786. The Balaban J connectivity index is 1.98. The Morgan fingerprint density at radius 1 is 1.28 bits per heavy atom. The number of methoxy groups -OCH3 is 1. The molecular formula is C14H23NO3. The topological polar surface area (TPSA) is 49.8 Å². The summed E-state index contributed by atoms with van der Waals surface area (Å²) >= 11 is 0. The molecule has 1 heterocycles. The van der Waals surface area contributed by atoms with Gasteiger partial charge in [-0.15, -0.1) is 0 Å². The number of aliphatic hydroxyl groups is 1. The second kappa shape index (κ2) is 5.41. The van der Waals surface area contributed by atoms with E-state index in [1.807, 2.05) is 0 Å². The van der Waals surface area contributed by atoms with Gasteiger partial charge in [0.2, 0.25) is 0 Å². The van der Waals surface area contributed by atoms with E-state index in [4.69, 9.17) is 4.74 Å². The Kier molecular flexibility index (Phi) is 4.07. The zero-order valence-electron chi connectivity index (χ0n) is 11.4. The zero-order chi connectivity index (χ0) is 13.3. The van der Waals surface area contributed by atoms with Crippen LogP contribution >= 0.6 is 0 Å². The van der Waals surface area contributed by atoms with Gasteiger partial charge >= 0.3 is 5.97 Å². The molecule has 2 rings (SSSR count). The van der Waals surface area contributed by atoms with Gasteiger partial charge in [0, 0.05) is 18.1 Å². The summed E-state index contributed by atoms with van der Waals surface area (Å²) < 4.78 is 4.74. The Bertz CT molecular complexity index is 330. The summed E-state index contributed by atoms with van der Waals surface area (Å²) in [6.07, 6.45) is 6.18. The highest BCUT2D eigenvalue weighted by Crippen LogP contribution is 2.33. The lowest BCUT2D eigenvalue weighted by Crippen LogP contribution is -2.49. The Morgan fingerprint density at radius 2 is 1.89 bits per heavy atom. The number of rotatable bonds is 2.